The molecule has 5 rings (SSSR count). The Hall–Kier alpha value is -4.98. The summed E-state index contributed by atoms with van der Waals surface area (Å²) in [6.45, 7) is 1.21. The Morgan fingerprint density at radius 3 is 2.54 bits per heavy atom. The number of methoxy groups -OCH3 is 1. The van der Waals surface area contributed by atoms with Gasteiger partial charge in [-0.2, -0.15) is 10.4 Å². The molecule has 0 unspecified atom stereocenters. The number of aromatic nitrogens is 4. The van der Waals surface area contributed by atoms with Gasteiger partial charge in [0.05, 0.1) is 41.5 Å². The zero-order chi connectivity index (χ0) is 27.4. The van der Waals surface area contributed by atoms with Gasteiger partial charge in [-0.25, -0.2) is 9.67 Å². The second-order valence-corrected chi connectivity index (χ2v) is 9.15. The minimum absolute atomic E-state index is 0.0951. The Labute approximate surface area is 224 Å². The van der Waals surface area contributed by atoms with E-state index in [1.807, 2.05) is 24.3 Å². The number of carbonyl (C=O) groups is 3. The van der Waals surface area contributed by atoms with Gasteiger partial charge in [0.1, 0.15) is 5.75 Å². The fourth-order valence-electron chi connectivity index (χ4n) is 4.71. The smallest absolute Gasteiger partial charge is 0.295 e. The van der Waals surface area contributed by atoms with E-state index in [9.17, 15) is 14.4 Å². The molecule has 1 saturated heterocycles. The quantitative estimate of drug-likeness (QED) is 0.212. The standard InChI is InChI=1S/C28H27N7O4/c1-39-22-18-31-26(35-12-10-20(32-35)9-5-6-11-29)24-23(22)21(17-30-24)25(36)28(38)34-15-13-33(14-16-34)27(37)19-7-3-2-4-8-19/h2-4,7-8,10,12,17-18,30H,5-6,9,13-16H2,1H3. The average molecular weight is 526 g/mol. The molecular weight excluding hydrogens is 498 g/mol. The van der Waals surface area contributed by atoms with Crippen LogP contribution in [-0.4, -0.2) is 80.4 Å². The van der Waals surface area contributed by atoms with Crippen molar-refractivity contribution in [1.29, 1.82) is 5.26 Å². The topological polar surface area (TPSA) is 137 Å². The lowest BCUT2D eigenvalue weighted by atomic mass is 10.1. The lowest BCUT2D eigenvalue weighted by Gasteiger charge is -2.34. The molecule has 198 valence electrons. The second kappa shape index (κ2) is 11.2. The zero-order valence-electron chi connectivity index (χ0n) is 21.5. The maximum atomic E-state index is 13.4. The number of pyridine rings is 1. The first-order valence-corrected chi connectivity index (χ1v) is 12.7. The van der Waals surface area contributed by atoms with Gasteiger partial charge in [0, 0.05) is 50.6 Å². The van der Waals surface area contributed by atoms with Gasteiger partial charge < -0.3 is 19.5 Å². The summed E-state index contributed by atoms with van der Waals surface area (Å²) in [6.07, 6.45) is 6.57. The molecule has 0 radical (unpaired) electrons. The number of benzene rings is 1. The first-order chi connectivity index (χ1) is 19.0. The number of Topliss-reactive ketones (excluding diaryl/α,β-unsaturated/α-hetero) is 1. The molecule has 2 amide bonds. The molecule has 11 nitrogen and oxygen atoms in total. The van der Waals surface area contributed by atoms with E-state index in [2.05, 4.69) is 21.1 Å². The number of fused-ring (bicyclic) bond motifs is 1. The van der Waals surface area contributed by atoms with Gasteiger partial charge in [-0.05, 0) is 31.0 Å². The number of ketones is 1. The van der Waals surface area contributed by atoms with E-state index < -0.39 is 11.7 Å². The first-order valence-electron chi connectivity index (χ1n) is 12.7. The van der Waals surface area contributed by atoms with Gasteiger partial charge in [0.2, 0.25) is 0 Å². The molecule has 4 aromatic rings. The van der Waals surface area contributed by atoms with E-state index in [1.165, 1.54) is 24.4 Å². The summed E-state index contributed by atoms with van der Waals surface area (Å²) in [5, 5.41) is 13.8. The monoisotopic (exact) mass is 525 g/mol. The van der Waals surface area contributed by atoms with Crippen molar-refractivity contribution < 1.29 is 19.1 Å². The molecule has 4 heterocycles. The highest BCUT2D eigenvalue weighted by Gasteiger charge is 2.31. The maximum absolute atomic E-state index is 13.4. The molecule has 3 aromatic heterocycles. The number of aromatic amines is 1. The third kappa shape index (κ3) is 5.09. The number of unbranched alkanes of at least 4 members (excludes halogenated alkanes) is 1. The number of H-pyrrole nitrogens is 1. The number of hydrogen-bond donors (Lipinski definition) is 1. The summed E-state index contributed by atoms with van der Waals surface area (Å²) in [6, 6.07) is 13.0. The van der Waals surface area contributed by atoms with Crippen molar-refractivity contribution in [2.45, 2.75) is 19.3 Å². The van der Waals surface area contributed by atoms with E-state index >= 15 is 0 Å². The number of rotatable bonds is 8. The van der Waals surface area contributed by atoms with E-state index in [4.69, 9.17) is 10.00 Å². The number of nitriles is 1. The summed E-state index contributed by atoms with van der Waals surface area (Å²) in [4.78, 5) is 50.1. The van der Waals surface area contributed by atoms with Gasteiger partial charge in [0.15, 0.2) is 5.82 Å². The fourth-order valence-corrected chi connectivity index (χ4v) is 4.71. The van der Waals surface area contributed by atoms with Crippen LogP contribution in [0.2, 0.25) is 0 Å². The molecular formula is C28H27N7O4. The molecule has 1 aliphatic heterocycles. The Kier molecular flexibility index (Phi) is 7.36. The molecule has 1 fully saturated rings. The molecule has 11 heteroatoms. The van der Waals surface area contributed by atoms with Crippen LogP contribution in [-0.2, 0) is 11.2 Å². The Morgan fingerprint density at radius 2 is 1.82 bits per heavy atom. The van der Waals surface area contributed by atoms with Crippen LogP contribution < -0.4 is 4.74 Å². The molecule has 0 saturated carbocycles. The summed E-state index contributed by atoms with van der Waals surface area (Å²) in [5.74, 6) is -0.593. The molecule has 0 atom stereocenters. The molecule has 0 bridgehead atoms. The van der Waals surface area contributed by atoms with Gasteiger partial charge in [-0.3, -0.25) is 14.4 Å². The normalized spacial score (nSPS) is 13.3. The molecule has 0 aliphatic carbocycles. The predicted octanol–water partition coefficient (Wildman–Crippen LogP) is 2.77. The van der Waals surface area contributed by atoms with Gasteiger partial charge in [-0.1, -0.05) is 18.2 Å². The largest absolute Gasteiger partial charge is 0.494 e. The Bertz CT molecular complexity index is 1560. The number of ether oxygens (including phenoxy) is 1. The zero-order valence-corrected chi connectivity index (χ0v) is 21.5. The Morgan fingerprint density at radius 1 is 1.08 bits per heavy atom. The third-order valence-corrected chi connectivity index (χ3v) is 6.77. The number of nitrogens with zero attached hydrogens (tertiary/aromatic N) is 6. The van der Waals surface area contributed by atoms with Crippen LogP contribution in [0.5, 0.6) is 5.75 Å². The van der Waals surface area contributed by atoms with Crippen molar-refractivity contribution in [3.8, 4) is 17.6 Å². The predicted molar refractivity (Wildman–Crippen MR) is 142 cm³/mol. The van der Waals surface area contributed by atoms with Crippen LogP contribution in [0.1, 0.15) is 39.3 Å². The Balaban J connectivity index is 1.34. The average Bonchev–Trinajstić information content (AvgIpc) is 3.64. The number of aryl methyl sites for hydroxylation is 1. The summed E-state index contributed by atoms with van der Waals surface area (Å²) >= 11 is 0. The van der Waals surface area contributed by atoms with E-state index in [0.717, 1.165) is 5.69 Å². The van der Waals surface area contributed by atoms with Crippen LogP contribution in [0, 0.1) is 11.3 Å². The third-order valence-electron chi connectivity index (χ3n) is 6.77. The van der Waals surface area contributed by atoms with E-state index in [1.54, 1.807) is 27.9 Å². The molecule has 39 heavy (non-hydrogen) atoms. The highest BCUT2D eigenvalue weighted by molar-refractivity contribution is 6.45. The van der Waals surface area contributed by atoms with E-state index in [0.29, 0.717) is 60.4 Å². The number of piperazine rings is 1. The van der Waals surface area contributed by atoms with Crippen LogP contribution in [0.15, 0.2) is 55.0 Å². The minimum atomic E-state index is -0.669. The molecule has 0 spiro atoms. The van der Waals surface area contributed by atoms with Gasteiger partial charge >= 0.3 is 0 Å². The fraction of sp³-hybridized carbons (Fsp3) is 0.286. The van der Waals surface area contributed by atoms with Crippen molar-refractivity contribution in [2.24, 2.45) is 0 Å². The lowest BCUT2D eigenvalue weighted by molar-refractivity contribution is -0.127. The number of nitrogens with one attached hydrogen (secondary N) is 1. The van der Waals surface area contributed by atoms with Crippen molar-refractivity contribution in [2.75, 3.05) is 33.3 Å². The first kappa shape index (κ1) is 25.7. The SMILES string of the molecule is COc1cnc(-n2ccc(CCCC#N)n2)c2[nH]cc(C(=O)C(=O)N3CCN(C(=O)c4ccccc4)CC3)c12. The molecule has 1 N–H and O–H groups in total. The lowest BCUT2D eigenvalue weighted by Crippen LogP contribution is -2.52. The van der Waals surface area contributed by atoms with E-state index in [-0.39, 0.29) is 24.6 Å². The maximum Gasteiger partial charge on any atom is 0.295 e. The summed E-state index contributed by atoms with van der Waals surface area (Å²) in [5.41, 5.74) is 2.10. The molecule has 1 aromatic carbocycles. The highest BCUT2D eigenvalue weighted by Crippen LogP contribution is 2.32. The van der Waals surface area contributed by atoms with Gasteiger partial charge in [0.25, 0.3) is 17.6 Å². The minimum Gasteiger partial charge on any atom is -0.494 e. The summed E-state index contributed by atoms with van der Waals surface area (Å²) in [7, 11) is 1.48. The second-order valence-electron chi connectivity index (χ2n) is 9.15. The van der Waals surface area contributed by atoms with Crippen LogP contribution in [0.25, 0.3) is 16.7 Å². The van der Waals surface area contributed by atoms with Crippen molar-refractivity contribution in [1.82, 2.24) is 29.5 Å². The van der Waals surface area contributed by atoms with Gasteiger partial charge in [-0.15, -0.1) is 0 Å². The molecule has 1 aliphatic rings. The van der Waals surface area contributed by atoms with Crippen LogP contribution in [0.4, 0.5) is 0 Å². The van der Waals surface area contributed by atoms with Crippen molar-refractivity contribution >= 4 is 28.5 Å². The number of amides is 2. The summed E-state index contributed by atoms with van der Waals surface area (Å²) < 4.78 is 7.08. The number of carbonyl (C=O) groups excluding carboxylic acids is 3. The van der Waals surface area contributed by atoms with Crippen molar-refractivity contribution in [3.63, 3.8) is 0 Å². The van der Waals surface area contributed by atoms with Crippen LogP contribution in [0.3, 0.4) is 0 Å². The highest BCUT2D eigenvalue weighted by atomic mass is 16.5. The van der Waals surface area contributed by atoms with Crippen LogP contribution >= 0.6 is 0 Å². The number of hydrogen-bond acceptors (Lipinski definition) is 7. The van der Waals surface area contributed by atoms with Crippen molar-refractivity contribution in [3.05, 3.63) is 71.8 Å².